The molecule has 160 valence electrons. The molecule has 1 aromatic heterocycles. The van der Waals surface area contributed by atoms with Gasteiger partial charge in [-0.15, -0.1) is 0 Å². The Hall–Kier alpha value is -4.13. The van der Waals surface area contributed by atoms with Gasteiger partial charge in [0.2, 0.25) is 11.9 Å². The number of amides is 1. The maximum absolute atomic E-state index is 13.0. The molecule has 3 aromatic carbocycles. The molecule has 0 radical (unpaired) electrons. The van der Waals surface area contributed by atoms with Crippen LogP contribution < -0.4 is 10.1 Å². The first-order chi connectivity index (χ1) is 15.7. The van der Waals surface area contributed by atoms with E-state index in [1.54, 1.807) is 6.92 Å². The van der Waals surface area contributed by atoms with Crippen molar-refractivity contribution in [2.24, 2.45) is 5.92 Å². The number of esters is 1. The Kier molecular flexibility index (Phi) is 5.07. The number of hydrogen-bond donors (Lipinski definition) is 1. The highest BCUT2D eigenvalue weighted by Gasteiger charge is 2.44. The van der Waals surface area contributed by atoms with Crippen LogP contribution in [0.25, 0.3) is 11.0 Å². The highest BCUT2D eigenvalue weighted by molar-refractivity contribution is 6.07. The van der Waals surface area contributed by atoms with Crippen molar-refractivity contribution in [2.75, 3.05) is 11.9 Å². The molecule has 0 unspecified atom stereocenters. The van der Waals surface area contributed by atoms with Crippen molar-refractivity contribution in [2.45, 2.75) is 13.0 Å². The van der Waals surface area contributed by atoms with Crippen molar-refractivity contribution in [1.29, 1.82) is 0 Å². The minimum Gasteiger partial charge on any atom is -0.465 e. The van der Waals surface area contributed by atoms with E-state index in [4.69, 9.17) is 9.47 Å². The summed E-state index contributed by atoms with van der Waals surface area (Å²) < 4.78 is 13.2. The zero-order valence-corrected chi connectivity index (χ0v) is 17.4. The van der Waals surface area contributed by atoms with Gasteiger partial charge in [-0.05, 0) is 48.9 Å². The van der Waals surface area contributed by atoms with Crippen molar-refractivity contribution in [3.05, 3.63) is 84.4 Å². The van der Waals surface area contributed by atoms with Gasteiger partial charge in [-0.1, -0.05) is 42.5 Å². The summed E-state index contributed by atoms with van der Waals surface area (Å²) in [6, 6.07) is 23.8. The molecule has 7 heteroatoms. The summed E-state index contributed by atoms with van der Waals surface area (Å²) in [7, 11) is 0. The van der Waals surface area contributed by atoms with Crippen LogP contribution in [0.5, 0.6) is 11.5 Å². The molecule has 2 heterocycles. The van der Waals surface area contributed by atoms with Gasteiger partial charge in [-0.2, -0.15) is 0 Å². The lowest BCUT2D eigenvalue weighted by atomic mass is 9.90. The summed E-state index contributed by atoms with van der Waals surface area (Å²) in [5.41, 5.74) is 2.29. The Balaban J connectivity index is 1.65. The molecule has 1 N–H and O–H groups in total. The number of fused-ring (bicyclic) bond motifs is 3. The highest BCUT2D eigenvalue weighted by atomic mass is 16.5. The van der Waals surface area contributed by atoms with Crippen molar-refractivity contribution in [3.63, 3.8) is 0 Å². The predicted octanol–water partition coefficient (Wildman–Crippen LogP) is 4.55. The van der Waals surface area contributed by atoms with Gasteiger partial charge in [-0.3, -0.25) is 14.9 Å². The van der Waals surface area contributed by atoms with Crippen molar-refractivity contribution in [1.82, 2.24) is 9.55 Å². The molecule has 2 atom stereocenters. The first-order valence-electron chi connectivity index (χ1n) is 10.4. The minimum absolute atomic E-state index is 0.185. The van der Waals surface area contributed by atoms with Crippen LogP contribution in [0.4, 0.5) is 5.95 Å². The zero-order chi connectivity index (χ0) is 22.1. The molecule has 0 bridgehead atoms. The van der Waals surface area contributed by atoms with Gasteiger partial charge in [0.15, 0.2) is 5.92 Å². The van der Waals surface area contributed by atoms with Crippen molar-refractivity contribution < 1.29 is 19.1 Å². The van der Waals surface area contributed by atoms with Crippen LogP contribution in [0.15, 0.2) is 78.9 Å². The normalized spacial score (nSPS) is 17.5. The summed E-state index contributed by atoms with van der Waals surface area (Å²) in [6.45, 7) is 1.91. The Bertz CT molecular complexity index is 1300. The molecule has 1 aliphatic heterocycles. The van der Waals surface area contributed by atoms with Crippen LogP contribution in [-0.4, -0.2) is 28.0 Å². The summed E-state index contributed by atoms with van der Waals surface area (Å²) in [6.07, 6.45) is 0. The third-order valence-corrected chi connectivity index (χ3v) is 5.43. The van der Waals surface area contributed by atoms with E-state index in [2.05, 4.69) is 10.3 Å². The number of imidazole rings is 1. The van der Waals surface area contributed by atoms with Crippen LogP contribution in [-0.2, 0) is 14.3 Å². The molecular formula is C25H21N3O4. The largest absolute Gasteiger partial charge is 0.465 e. The van der Waals surface area contributed by atoms with Gasteiger partial charge in [-0.25, -0.2) is 4.98 Å². The van der Waals surface area contributed by atoms with Gasteiger partial charge in [0, 0.05) is 0 Å². The van der Waals surface area contributed by atoms with E-state index in [1.807, 2.05) is 83.4 Å². The van der Waals surface area contributed by atoms with E-state index in [1.165, 1.54) is 0 Å². The molecule has 0 fully saturated rings. The van der Waals surface area contributed by atoms with E-state index in [0.29, 0.717) is 17.4 Å². The number of rotatable bonds is 5. The number of nitrogens with zero attached hydrogens (tertiary/aromatic N) is 2. The maximum Gasteiger partial charge on any atom is 0.321 e. The quantitative estimate of drug-likeness (QED) is 0.373. The molecule has 0 aliphatic carbocycles. The molecule has 4 aromatic rings. The smallest absolute Gasteiger partial charge is 0.321 e. The van der Waals surface area contributed by atoms with Crippen LogP contribution in [0.2, 0.25) is 0 Å². The highest BCUT2D eigenvalue weighted by Crippen LogP contribution is 2.39. The Morgan fingerprint density at radius 3 is 2.56 bits per heavy atom. The van der Waals surface area contributed by atoms with Crippen LogP contribution in [0.3, 0.4) is 0 Å². The van der Waals surface area contributed by atoms with E-state index >= 15 is 0 Å². The zero-order valence-electron chi connectivity index (χ0n) is 17.4. The first kappa shape index (κ1) is 19.8. The first-order valence-corrected chi connectivity index (χ1v) is 10.4. The van der Waals surface area contributed by atoms with Crippen LogP contribution >= 0.6 is 0 Å². The number of benzene rings is 3. The Labute approximate surface area is 184 Å². The van der Waals surface area contributed by atoms with Crippen molar-refractivity contribution >= 4 is 28.9 Å². The van der Waals surface area contributed by atoms with E-state index in [0.717, 1.165) is 16.6 Å². The number of aromatic nitrogens is 2. The fourth-order valence-corrected chi connectivity index (χ4v) is 4.09. The lowest BCUT2D eigenvalue weighted by Crippen LogP contribution is -2.43. The topological polar surface area (TPSA) is 82.5 Å². The second kappa shape index (κ2) is 8.19. The van der Waals surface area contributed by atoms with Gasteiger partial charge in [0.1, 0.15) is 11.5 Å². The fraction of sp³-hybridized carbons (Fsp3) is 0.160. The summed E-state index contributed by atoms with van der Waals surface area (Å²) in [4.78, 5) is 30.5. The average molecular weight is 427 g/mol. The number of carbonyl (C=O) groups is 2. The van der Waals surface area contributed by atoms with Gasteiger partial charge >= 0.3 is 5.97 Å². The van der Waals surface area contributed by atoms with Crippen LogP contribution in [0.1, 0.15) is 18.5 Å². The maximum atomic E-state index is 13.0. The molecule has 0 spiro atoms. The monoisotopic (exact) mass is 427 g/mol. The average Bonchev–Trinajstić information content (AvgIpc) is 3.17. The standard InChI is InChI=1S/C25H21N3O4/c1-2-31-24(30)21-22(16-9-8-12-18(15-16)32-17-10-4-3-5-11-17)28-20-14-7-6-13-19(20)26-25(28)27-23(21)29/h3-15,21-22H,2H2,1H3,(H,26,27,29)/t21-,22+/m1/s1. The van der Waals surface area contributed by atoms with E-state index in [9.17, 15) is 9.59 Å². The van der Waals surface area contributed by atoms with Gasteiger partial charge in [0.25, 0.3) is 0 Å². The number of anilines is 1. The molecule has 1 amide bonds. The van der Waals surface area contributed by atoms with Gasteiger partial charge < -0.3 is 14.0 Å². The van der Waals surface area contributed by atoms with Gasteiger partial charge in [0.05, 0.1) is 23.7 Å². The summed E-state index contributed by atoms with van der Waals surface area (Å²) in [5.74, 6) is -0.378. The molecule has 1 aliphatic rings. The number of ether oxygens (including phenoxy) is 2. The molecule has 5 rings (SSSR count). The second-order valence-electron chi connectivity index (χ2n) is 7.45. The predicted molar refractivity (Wildman–Crippen MR) is 120 cm³/mol. The number of para-hydroxylation sites is 3. The summed E-state index contributed by atoms with van der Waals surface area (Å²) in [5, 5.41) is 2.77. The molecular weight excluding hydrogens is 406 g/mol. The summed E-state index contributed by atoms with van der Waals surface area (Å²) >= 11 is 0. The molecule has 7 nitrogen and oxygen atoms in total. The lowest BCUT2D eigenvalue weighted by molar-refractivity contribution is -0.152. The Morgan fingerprint density at radius 1 is 1.00 bits per heavy atom. The lowest BCUT2D eigenvalue weighted by Gasteiger charge is -2.32. The third-order valence-electron chi connectivity index (χ3n) is 5.43. The minimum atomic E-state index is -1.06. The number of carbonyl (C=O) groups excluding carboxylic acids is 2. The van der Waals surface area contributed by atoms with E-state index in [-0.39, 0.29) is 6.61 Å². The van der Waals surface area contributed by atoms with Crippen LogP contribution in [0, 0.1) is 5.92 Å². The molecule has 0 saturated carbocycles. The SMILES string of the molecule is CCOC(=O)[C@H]1C(=O)Nc2nc3ccccc3n2[C@H]1c1cccc(Oc2ccccc2)c1. The molecule has 32 heavy (non-hydrogen) atoms. The molecule has 0 saturated heterocycles. The number of hydrogen-bond acceptors (Lipinski definition) is 5. The third kappa shape index (κ3) is 3.47. The Morgan fingerprint density at radius 2 is 1.75 bits per heavy atom. The van der Waals surface area contributed by atoms with Crippen molar-refractivity contribution in [3.8, 4) is 11.5 Å². The van der Waals surface area contributed by atoms with E-state index < -0.39 is 23.8 Å². The number of nitrogens with one attached hydrogen (secondary N) is 1. The second-order valence-corrected chi connectivity index (χ2v) is 7.45. The fourth-order valence-electron chi connectivity index (χ4n) is 4.09.